The van der Waals surface area contributed by atoms with E-state index >= 15 is 0 Å². The van der Waals surface area contributed by atoms with E-state index in [1.165, 1.54) is 19.3 Å². The Morgan fingerprint density at radius 1 is 0.897 bits per heavy atom. The van der Waals surface area contributed by atoms with E-state index in [4.69, 9.17) is 4.98 Å². The third kappa shape index (κ3) is 4.03. The van der Waals surface area contributed by atoms with E-state index in [0.717, 1.165) is 47.3 Å². The summed E-state index contributed by atoms with van der Waals surface area (Å²) < 4.78 is 1.80. The maximum atomic E-state index is 4.84. The summed E-state index contributed by atoms with van der Waals surface area (Å²) in [5, 5.41) is 8.15. The Kier molecular flexibility index (Phi) is 5.62. The lowest BCUT2D eigenvalue weighted by molar-refractivity contribution is 0.573. The third-order valence-corrected chi connectivity index (χ3v) is 5.11. The van der Waals surface area contributed by atoms with Gasteiger partial charge in [0, 0.05) is 31.0 Å². The van der Waals surface area contributed by atoms with Crippen LogP contribution >= 0.6 is 12.4 Å². The summed E-state index contributed by atoms with van der Waals surface area (Å²) in [7, 11) is 0. The molecule has 7 heteroatoms. The number of fused-ring (bicyclic) bond motifs is 1. The summed E-state index contributed by atoms with van der Waals surface area (Å²) in [6.45, 7) is 2.16. The number of anilines is 3. The van der Waals surface area contributed by atoms with Gasteiger partial charge in [0.2, 0.25) is 0 Å². The van der Waals surface area contributed by atoms with Crippen molar-refractivity contribution in [1.29, 1.82) is 0 Å². The molecule has 4 heterocycles. The first kappa shape index (κ1) is 19.2. The fraction of sp³-hybridized carbons (Fsp3) is 0.227. The molecule has 0 saturated carbocycles. The normalized spacial score (nSPS) is 13.9. The fourth-order valence-electron chi connectivity index (χ4n) is 3.69. The van der Waals surface area contributed by atoms with Crippen LogP contribution in [-0.2, 0) is 0 Å². The molecule has 1 aliphatic heterocycles. The first-order valence-corrected chi connectivity index (χ1v) is 9.76. The molecule has 0 aliphatic carbocycles. The number of hydrogen-bond donors (Lipinski definition) is 1. The molecule has 6 nitrogen and oxygen atoms in total. The van der Waals surface area contributed by atoms with Crippen molar-refractivity contribution in [3.05, 3.63) is 67.0 Å². The molecule has 1 aromatic carbocycles. The molecule has 0 radical (unpaired) electrons. The van der Waals surface area contributed by atoms with Gasteiger partial charge in [-0.3, -0.25) is 0 Å². The number of pyridine rings is 1. The second-order valence-electron chi connectivity index (χ2n) is 7.06. The van der Waals surface area contributed by atoms with Crippen molar-refractivity contribution in [1.82, 2.24) is 19.6 Å². The lowest BCUT2D eigenvalue weighted by Crippen LogP contribution is -2.30. The quantitative estimate of drug-likeness (QED) is 0.519. The zero-order valence-electron chi connectivity index (χ0n) is 16.0. The predicted molar refractivity (Wildman–Crippen MR) is 119 cm³/mol. The standard InChI is InChI=1S/C22H22N6.ClH/c1-3-8-17(9-4-1)18-16-19(22-23-12-15-28(22)26-18)24-20-10-7-11-21(25-20)27-13-5-2-6-14-27;/h1,3-4,7-12,15-16H,2,5-6,13-14H2,(H,24,25);1H. The van der Waals surface area contributed by atoms with Gasteiger partial charge in [-0.05, 0) is 37.5 Å². The van der Waals surface area contributed by atoms with Crippen LogP contribution in [0.1, 0.15) is 19.3 Å². The highest BCUT2D eigenvalue weighted by Gasteiger charge is 2.14. The molecule has 1 N–H and O–H groups in total. The summed E-state index contributed by atoms with van der Waals surface area (Å²) in [6.07, 6.45) is 7.41. The second-order valence-corrected chi connectivity index (χ2v) is 7.06. The average Bonchev–Trinajstić information content (AvgIpc) is 3.24. The lowest BCUT2D eigenvalue weighted by Gasteiger charge is -2.28. The average molecular weight is 407 g/mol. The SMILES string of the molecule is Cl.c1ccc(-c2cc(Nc3cccc(N4CCCCC4)n3)c3nccn3n2)cc1. The summed E-state index contributed by atoms with van der Waals surface area (Å²) in [5.41, 5.74) is 3.63. The molecule has 5 rings (SSSR count). The predicted octanol–water partition coefficient (Wildman–Crippen LogP) is 4.95. The van der Waals surface area contributed by atoms with E-state index in [1.807, 2.05) is 36.5 Å². The van der Waals surface area contributed by atoms with Crippen LogP contribution in [0.2, 0.25) is 0 Å². The van der Waals surface area contributed by atoms with E-state index in [-0.39, 0.29) is 12.4 Å². The number of halogens is 1. The Morgan fingerprint density at radius 2 is 1.72 bits per heavy atom. The largest absolute Gasteiger partial charge is 0.357 e. The topological polar surface area (TPSA) is 58.3 Å². The minimum absolute atomic E-state index is 0. The van der Waals surface area contributed by atoms with Crippen molar-refractivity contribution in [2.24, 2.45) is 0 Å². The summed E-state index contributed by atoms with van der Waals surface area (Å²) in [6, 6.07) is 18.3. The Hall–Kier alpha value is -3.12. The van der Waals surface area contributed by atoms with Gasteiger partial charge in [0.25, 0.3) is 0 Å². The Morgan fingerprint density at radius 3 is 2.55 bits per heavy atom. The highest BCUT2D eigenvalue weighted by molar-refractivity contribution is 5.85. The van der Waals surface area contributed by atoms with E-state index in [1.54, 1.807) is 10.7 Å². The van der Waals surface area contributed by atoms with Crippen LogP contribution in [0.15, 0.2) is 67.0 Å². The van der Waals surface area contributed by atoms with E-state index < -0.39 is 0 Å². The van der Waals surface area contributed by atoms with Gasteiger partial charge >= 0.3 is 0 Å². The van der Waals surface area contributed by atoms with Gasteiger partial charge in [-0.15, -0.1) is 12.4 Å². The minimum atomic E-state index is 0. The number of aromatic nitrogens is 4. The molecule has 1 fully saturated rings. The van der Waals surface area contributed by atoms with Crippen molar-refractivity contribution in [3.63, 3.8) is 0 Å². The molecule has 0 unspecified atom stereocenters. The summed E-state index contributed by atoms with van der Waals surface area (Å²) in [4.78, 5) is 11.7. The number of hydrogen-bond acceptors (Lipinski definition) is 5. The van der Waals surface area contributed by atoms with Crippen LogP contribution in [0.25, 0.3) is 16.9 Å². The number of rotatable bonds is 4. The van der Waals surface area contributed by atoms with Gasteiger partial charge in [-0.2, -0.15) is 5.10 Å². The fourth-order valence-corrected chi connectivity index (χ4v) is 3.69. The maximum absolute atomic E-state index is 4.84. The van der Waals surface area contributed by atoms with Crippen LogP contribution in [0.5, 0.6) is 0 Å². The molecule has 0 bridgehead atoms. The summed E-state index contributed by atoms with van der Waals surface area (Å²) in [5.74, 6) is 1.85. The molecule has 29 heavy (non-hydrogen) atoms. The van der Waals surface area contributed by atoms with Crippen molar-refractivity contribution in [3.8, 4) is 11.3 Å². The monoisotopic (exact) mass is 406 g/mol. The van der Waals surface area contributed by atoms with Gasteiger partial charge in [0.15, 0.2) is 5.65 Å². The van der Waals surface area contributed by atoms with Crippen molar-refractivity contribution in [2.75, 3.05) is 23.3 Å². The van der Waals surface area contributed by atoms with Crippen LogP contribution < -0.4 is 10.2 Å². The van der Waals surface area contributed by atoms with Crippen LogP contribution in [0.3, 0.4) is 0 Å². The van der Waals surface area contributed by atoms with Crippen molar-refractivity contribution < 1.29 is 0 Å². The third-order valence-electron chi connectivity index (χ3n) is 5.11. The van der Waals surface area contributed by atoms with Crippen LogP contribution in [-0.4, -0.2) is 32.7 Å². The first-order valence-electron chi connectivity index (χ1n) is 9.76. The van der Waals surface area contributed by atoms with Crippen molar-refractivity contribution in [2.45, 2.75) is 19.3 Å². The highest BCUT2D eigenvalue weighted by Crippen LogP contribution is 2.27. The van der Waals surface area contributed by atoms with E-state index in [9.17, 15) is 0 Å². The number of piperidine rings is 1. The Labute approximate surface area is 176 Å². The summed E-state index contributed by atoms with van der Waals surface area (Å²) >= 11 is 0. The molecule has 0 spiro atoms. The molecule has 3 aromatic heterocycles. The molecular formula is C22H23ClN6. The Bertz CT molecular complexity index is 1090. The molecule has 4 aromatic rings. The highest BCUT2D eigenvalue weighted by atomic mass is 35.5. The van der Waals surface area contributed by atoms with E-state index in [2.05, 4.69) is 44.6 Å². The van der Waals surface area contributed by atoms with Gasteiger partial charge in [0.05, 0.1) is 11.4 Å². The van der Waals surface area contributed by atoms with Crippen molar-refractivity contribution >= 4 is 35.4 Å². The minimum Gasteiger partial charge on any atom is -0.357 e. The molecule has 0 amide bonds. The second kappa shape index (κ2) is 8.49. The number of nitrogens with zero attached hydrogens (tertiary/aromatic N) is 5. The van der Waals surface area contributed by atoms with Gasteiger partial charge in [-0.1, -0.05) is 36.4 Å². The van der Waals surface area contributed by atoms with Crippen LogP contribution in [0, 0.1) is 0 Å². The molecular weight excluding hydrogens is 384 g/mol. The zero-order chi connectivity index (χ0) is 18.8. The van der Waals surface area contributed by atoms with Gasteiger partial charge < -0.3 is 10.2 Å². The molecule has 1 saturated heterocycles. The zero-order valence-corrected chi connectivity index (χ0v) is 16.8. The Balaban J connectivity index is 0.00000205. The number of imidazole rings is 1. The first-order chi connectivity index (χ1) is 13.9. The lowest BCUT2D eigenvalue weighted by atomic mass is 10.1. The molecule has 1 aliphatic rings. The van der Waals surface area contributed by atoms with Gasteiger partial charge in [0.1, 0.15) is 11.6 Å². The molecule has 148 valence electrons. The smallest absolute Gasteiger partial charge is 0.177 e. The number of benzene rings is 1. The van der Waals surface area contributed by atoms with E-state index in [0.29, 0.717) is 0 Å². The number of nitrogens with one attached hydrogen (secondary N) is 1. The van der Waals surface area contributed by atoms with Crippen LogP contribution in [0.4, 0.5) is 17.3 Å². The van der Waals surface area contributed by atoms with Gasteiger partial charge in [-0.25, -0.2) is 14.5 Å². The maximum Gasteiger partial charge on any atom is 0.177 e. The molecule has 0 atom stereocenters.